The summed E-state index contributed by atoms with van der Waals surface area (Å²) in [6.45, 7) is 1.95. The number of rotatable bonds is 4. The second kappa shape index (κ2) is 10.1. The molecule has 3 N–H and O–H groups in total. The molecular formula is C24H17Br3N4O3. The van der Waals surface area contributed by atoms with Crippen LogP contribution >= 0.6 is 47.8 Å². The summed E-state index contributed by atoms with van der Waals surface area (Å²) in [6, 6.07) is 19.3. The van der Waals surface area contributed by atoms with Crippen LogP contribution in [0.5, 0.6) is 0 Å². The fraction of sp³-hybridized carbons (Fsp3) is 0.0417. The van der Waals surface area contributed by atoms with Crippen molar-refractivity contribution < 1.29 is 14.4 Å². The first-order valence-corrected chi connectivity index (χ1v) is 12.4. The molecular weight excluding hydrogens is 632 g/mol. The van der Waals surface area contributed by atoms with Crippen LogP contribution in [0.2, 0.25) is 0 Å². The molecule has 4 aromatic rings. The highest BCUT2D eigenvalue weighted by Gasteiger charge is 2.21. The summed E-state index contributed by atoms with van der Waals surface area (Å²) in [7, 11) is 0. The molecule has 0 aliphatic heterocycles. The molecule has 34 heavy (non-hydrogen) atoms. The maximum absolute atomic E-state index is 13.2. The standard InChI is InChI=1S/C24H17Br3N4O3/c1-13-2-8-19(18(27)10-13)29-22(32)21-12-14-11-16(26)5-9-20(14)31(21)30-24(34)23(33)28-17-6-3-15(25)4-7-17/h2-12H,1H3,(H,28,33)(H,29,32)(H,30,34). The van der Waals surface area contributed by atoms with E-state index in [1.807, 2.05) is 25.1 Å². The minimum Gasteiger partial charge on any atom is -0.320 e. The van der Waals surface area contributed by atoms with Gasteiger partial charge in [0.05, 0.1) is 11.2 Å². The van der Waals surface area contributed by atoms with Crippen molar-refractivity contribution >= 4 is 87.8 Å². The molecule has 7 nitrogen and oxygen atoms in total. The second-order valence-corrected chi connectivity index (χ2v) is 10.1. The zero-order valence-electron chi connectivity index (χ0n) is 17.7. The van der Waals surface area contributed by atoms with Crippen LogP contribution in [0.25, 0.3) is 10.9 Å². The molecule has 4 rings (SSSR count). The van der Waals surface area contributed by atoms with Crippen molar-refractivity contribution in [2.24, 2.45) is 0 Å². The first-order valence-electron chi connectivity index (χ1n) is 9.97. The number of nitrogens with one attached hydrogen (secondary N) is 3. The van der Waals surface area contributed by atoms with E-state index in [0.29, 0.717) is 22.3 Å². The van der Waals surface area contributed by atoms with Gasteiger partial charge < -0.3 is 10.6 Å². The Hall–Kier alpha value is -2.95. The third-order valence-electron chi connectivity index (χ3n) is 4.89. The lowest BCUT2D eigenvalue weighted by Crippen LogP contribution is -2.36. The second-order valence-electron chi connectivity index (χ2n) is 7.41. The van der Waals surface area contributed by atoms with Crippen molar-refractivity contribution in [3.05, 3.63) is 91.4 Å². The van der Waals surface area contributed by atoms with Crippen molar-refractivity contribution in [2.75, 3.05) is 16.1 Å². The van der Waals surface area contributed by atoms with Gasteiger partial charge in [-0.1, -0.05) is 37.9 Å². The van der Waals surface area contributed by atoms with E-state index in [4.69, 9.17) is 0 Å². The summed E-state index contributed by atoms with van der Waals surface area (Å²) in [5.74, 6) is -2.24. The van der Waals surface area contributed by atoms with E-state index in [9.17, 15) is 14.4 Å². The fourth-order valence-corrected chi connectivity index (χ4v) is 4.49. The minimum absolute atomic E-state index is 0.158. The molecule has 0 bridgehead atoms. The maximum atomic E-state index is 13.2. The van der Waals surface area contributed by atoms with E-state index in [1.165, 1.54) is 4.68 Å². The Balaban J connectivity index is 1.63. The highest BCUT2D eigenvalue weighted by atomic mass is 79.9. The molecule has 0 aliphatic rings. The largest absolute Gasteiger partial charge is 0.328 e. The van der Waals surface area contributed by atoms with Gasteiger partial charge in [-0.05, 0) is 89.1 Å². The smallest absolute Gasteiger partial charge is 0.320 e. The van der Waals surface area contributed by atoms with Gasteiger partial charge >= 0.3 is 11.8 Å². The maximum Gasteiger partial charge on any atom is 0.328 e. The van der Waals surface area contributed by atoms with Crippen LogP contribution in [0, 0.1) is 6.92 Å². The SMILES string of the molecule is Cc1ccc(NC(=O)c2cc3cc(Br)ccc3n2NC(=O)C(=O)Nc2ccc(Br)cc2)c(Br)c1. The first-order chi connectivity index (χ1) is 16.2. The third-order valence-corrected chi connectivity index (χ3v) is 6.57. The lowest BCUT2D eigenvalue weighted by atomic mass is 10.2. The third kappa shape index (κ3) is 5.40. The molecule has 0 saturated carbocycles. The Morgan fingerprint density at radius 1 is 0.765 bits per heavy atom. The molecule has 10 heteroatoms. The topological polar surface area (TPSA) is 92.2 Å². The Labute approximate surface area is 220 Å². The highest BCUT2D eigenvalue weighted by Crippen LogP contribution is 2.26. The van der Waals surface area contributed by atoms with E-state index in [1.54, 1.807) is 48.5 Å². The molecule has 0 aliphatic carbocycles. The van der Waals surface area contributed by atoms with Crippen molar-refractivity contribution in [3.63, 3.8) is 0 Å². The number of carbonyl (C=O) groups is 3. The van der Waals surface area contributed by atoms with Gasteiger partial charge in [-0.2, -0.15) is 0 Å². The zero-order valence-corrected chi connectivity index (χ0v) is 22.4. The number of amides is 3. The number of halogens is 3. The molecule has 1 aromatic heterocycles. The normalized spacial score (nSPS) is 10.7. The van der Waals surface area contributed by atoms with E-state index >= 15 is 0 Å². The number of hydrogen-bond donors (Lipinski definition) is 3. The van der Waals surface area contributed by atoms with Crippen LogP contribution in [0.1, 0.15) is 16.1 Å². The van der Waals surface area contributed by atoms with Gasteiger partial charge in [-0.25, -0.2) is 4.68 Å². The molecule has 0 saturated heterocycles. The Kier molecular flexibility index (Phi) is 7.20. The van der Waals surface area contributed by atoms with Crippen molar-refractivity contribution in [2.45, 2.75) is 6.92 Å². The molecule has 0 fully saturated rings. The number of nitrogens with zero attached hydrogens (tertiary/aromatic N) is 1. The average Bonchev–Trinajstić information content (AvgIpc) is 3.14. The fourth-order valence-electron chi connectivity index (χ4n) is 3.26. The van der Waals surface area contributed by atoms with Crippen LogP contribution in [0.15, 0.2) is 80.1 Å². The van der Waals surface area contributed by atoms with Crippen LogP contribution in [-0.2, 0) is 9.59 Å². The first kappa shape index (κ1) is 24.2. The number of carbonyl (C=O) groups excluding carboxylic acids is 3. The highest BCUT2D eigenvalue weighted by molar-refractivity contribution is 9.11. The Morgan fingerprint density at radius 2 is 1.47 bits per heavy atom. The average molecular weight is 649 g/mol. The molecule has 0 spiro atoms. The summed E-state index contributed by atoms with van der Waals surface area (Å²) in [5, 5.41) is 6.09. The molecule has 3 aromatic carbocycles. The Morgan fingerprint density at radius 3 is 2.18 bits per heavy atom. The molecule has 172 valence electrons. The van der Waals surface area contributed by atoms with Gasteiger partial charge in [0, 0.05) is 24.5 Å². The van der Waals surface area contributed by atoms with Crippen LogP contribution in [-0.4, -0.2) is 22.4 Å². The zero-order chi connectivity index (χ0) is 24.4. The van der Waals surface area contributed by atoms with Gasteiger partial charge in [-0.15, -0.1) is 0 Å². The summed E-state index contributed by atoms with van der Waals surface area (Å²) >= 11 is 10.2. The van der Waals surface area contributed by atoms with Gasteiger partial charge in [0.15, 0.2) is 0 Å². The number of fused-ring (bicyclic) bond motifs is 1. The lowest BCUT2D eigenvalue weighted by molar-refractivity contribution is -0.133. The summed E-state index contributed by atoms with van der Waals surface area (Å²) in [6.07, 6.45) is 0. The number of aryl methyl sites for hydroxylation is 1. The van der Waals surface area contributed by atoms with E-state index in [0.717, 1.165) is 19.0 Å². The van der Waals surface area contributed by atoms with Crippen molar-refractivity contribution in [1.82, 2.24) is 4.68 Å². The predicted octanol–water partition coefficient (Wildman–Crippen LogP) is 6.20. The predicted molar refractivity (Wildman–Crippen MR) is 144 cm³/mol. The van der Waals surface area contributed by atoms with E-state index in [2.05, 4.69) is 63.8 Å². The summed E-state index contributed by atoms with van der Waals surface area (Å²) in [5.41, 5.74) is 5.33. The number of hydrogen-bond acceptors (Lipinski definition) is 3. The number of benzene rings is 3. The monoisotopic (exact) mass is 646 g/mol. The summed E-state index contributed by atoms with van der Waals surface area (Å²) in [4.78, 5) is 38.4. The van der Waals surface area contributed by atoms with Gasteiger partial charge in [-0.3, -0.25) is 19.8 Å². The van der Waals surface area contributed by atoms with Crippen molar-refractivity contribution in [1.29, 1.82) is 0 Å². The van der Waals surface area contributed by atoms with Crippen LogP contribution in [0.4, 0.5) is 11.4 Å². The van der Waals surface area contributed by atoms with Gasteiger partial charge in [0.25, 0.3) is 5.91 Å². The molecule has 0 unspecified atom stereocenters. The molecule has 3 amide bonds. The number of anilines is 2. The van der Waals surface area contributed by atoms with E-state index in [-0.39, 0.29) is 5.69 Å². The number of aromatic nitrogens is 1. The molecule has 1 heterocycles. The Bertz CT molecular complexity index is 1430. The summed E-state index contributed by atoms with van der Waals surface area (Å²) < 4.78 is 3.69. The molecule has 0 atom stereocenters. The molecule has 0 radical (unpaired) electrons. The lowest BCUT2D eigenvalue weighted by Gasteiger charge is -2.13. The van der Waals surface area contributed by atoms with Gasteiger partial charge in [0.2, 0.25) is 0 Å². The van der Waals surface area contributed by atoms with Crippen LogP contribution in [0.3, 0.4) is 0 Å². The van der Waals surface area contributed by atoms with Gasteiger partial charge in [0.1, 0.15) is 5.69 Å². The van der Waals surface area contributed by atoms with Crippen molar-refractivity contribution in [3.8, 4) is 0 Å². The van der Waals surface area contributed by atoms with Crippen LogP contribution < -0.4 is 16.1 Å². The minimum atomic E-state index is -0.922. The van der Waals surface area contributed by atoms with E-state index < -0.39 is 17.7 Å². The quantitative estimate of drug-likeness (QED) is 0.230.